The van der Waals surface area contributed by atoms with E-state index in [0.29, 0.717) is 13.1 Å². The zero-order chi connectivity index (χ0) is 15.4. The van der Waals surface area contributed by atoms with E-state index in [0.717, 1.165) is 26.2 Å². The second-order valence-corrected chi connectivity index (χ2v) is 4.22. The van der Waals surface area contributed by atoms with Gasteiger partial charge in [0.1, 0.15) is 11.5 Å². The number of H-pyrrole nitrogens is 2. The van der Waals surface area contributed by atoms with Crippen LogP contribution in [0.3, 0.4) is 0 Å². The van der Waals surface area contributed by atoms with Crippen molar-refractivity contribution in [1.29, 1.82) is 0 Å². The first-order chi connectivity index (χ1) is 9.52. The third-order valence-corrected chi connectivity index (χ3v) is 2.33. The molecule has 1 aromatic rings. The number of anilines is 2. The van der Waals surface area contributed by atoms with Gasteiger partial charge in [0.2, 0.25) is 0 Å². The molecule has 0 aliphatic heterocycles. The summed E-state index contributed by atoms with van der Waals surface area (Å²) in [6.45, 7) is 5.14. The van der Waals surface area contributed by atoms with Crippen LogP contribution in [0.1, 0.15) is 0 Å². The van der Waals surface area contributed by atoms with Crippen LogP contribution in [0.25, 0.3) is 0 Å². The van der Waals surface area contributed by atoms with Gasteiger partial charge in [-0.2, -0.15) is 0 Å². The normalized spacial score (nSPS) is 9.90. The summed E-state index contributed by atoms with van der Waals surface area (Å²) in [5.41, 5.74) is 20.5. The molecule has 116 valence electrons. The van der Waals surface area contributed by atoms with Gasteiger partial charge in [0, 0.05) is 39.3 Å². The fourth-order valence-electron chi connectivity index (χ4n) is 1.14. The third kappa shape index (κ3) is 8.61. The molecule has 0 saturated heterocycles. The van der Waals surface area contributed by atoms with Crippen molar-refractivity contribution < 1.29 is 0 Å². The molecule has 0 spiro atoms. The Morgan fingerprint density at radius 3 is 1.85 bits per heavy atom. The molecule has 0 aliphatic carbocycles. The van der Waals surface area contributed by atoms with Gasteiger partial charge in [0.05, 0.1) is 0 Å². The quantitative estimate of drug-likeness (QED) is 0.204. The molecule has 1 heterocycles. The number of hydrogen-bond donors (Lipinski definition) is 8. The first-order valence-corrected chi connectivity index (χ1v) is 6.62. The zero-order valence-corrected chi connectivity index (χ0v) is 12.2. The number of nitrogens with one attached hydrogen (secondary N) is 4. The molecule has 0 amide bonds. The minimum atomic E-state index is -0.457. The number of hydrogen-bond acceptors (Lipinski definition) is 8. The van der Waals surface area contributed by atoms with E-state index in [4.69, 9.17) is 22.9 Å². The van der Waals surface area contributed by atoms with Gasteiger partial charge in [-0.3, -0.25) is 9.78 Å². The first-order valence-electron chi connectivity index (χ1n) is 6.22. The Balaban J connectivity index is 0.000000361. The molecule has 9 nitrogen and oxygen atoms in total. The number of nitrogens with two attached hydrogens (primary N) is 4. The van der Waals surface area contributed by atoms with Gasteiger partial charge in [0.15, 0.2) is 4.77 Å². The summed E-state index contributed by atoms with van der Waals surface area (Å²) in [6.07, 6.45) is 0. The lowest BCUT2D eigenvalue weighted by atomic mass is 10.5. The monoisotopic (exact) mass is 304 g/mol. The topological polar surface area (TPSA) is 177 Å². The summed E-state index contributed by atoms with van der Waals surface area (Å²) < 4.78 is 0.178. The summed E-state index contributed by atoms with van der Waals surface area (Å²) in [7, 11) is 0. The van der Waals surface area contributed by atoms with E-state index in [9.17, 15) is 4.79 Å². The molecule has 0 atom stereocenters. The van der Waals surface area contributed by atoms with Gasteiger partial charge in [-0.05, 0) is 12.2 Å². The second kappa shape index (κ2) is 11.4. The third-order valence-electron chi connectivity index (χ3n) is 2.13. The first kappa shape index (κ1) is 18.5. The summed E-state index contributed by atoms with van der Waals surface area (Å²) in [4.78, 5) is 15.5. The molecule has 0 saturated carbocycles. The highest BCUT2D eigenvalue weighted by Crippen LogP contribution is 1.99. The van der Waals surface area contributed by atoms with E-state index in [-0.39, 0.29) is 16.3 Å². The zero-order valence-electron chi connectivity index (χ0n) is 11.4. The number of aromatic nitrogens is 2. The van der Waals surface area contributed by atoms with Crippen LogP contribution in [0.5, 0.6) is 0 Å². The predicted octanol–water partition coefficient (Wildman–Crippen LogP) is -2.32. The van der Waals surface area contributed by atoms with Gasteiger partial charge in [-0.15, -0.1) is 0 Å². The van der Waals surface area contributed by atoms with Crippen LogP contribution in [0, 0.1) is 4.77 Å². The fraction of sp³-hybridized carbons (Fsp3) is 0.600. The van der Waals surface area contributed by atoms with Crippen molar-refractivity contribution in [3.8, 4) is 0 Å². The molecule has 12 N–H and O–H groups in total. The van der Waals surface area contributed by atoms with E-state index in [2.05, 4.69) is 32.8 Å². The minimum Gasteiger partial charge on any atom is -0.391 e. The van der Waals surface area contributed by atoms with Crippen LogP contribution in [0.15, 0.2) is 4.79 Å². The van der Waals surface area contributed by atoms with Crippen LogP contribution in [0.4, 0.5) is 11.5 Å². The minimum absolute atomic E-state index is 0.0337. The Hall–Kier alpha value is -1.46. The van der Waals surface area contributed by atoms with Crippen LogP contribution in [-0.4, -0.2) is 49.2 Å². The van der Waals surface area contributed by atoms with Crippen molar-refractivity contribution in [3.63, 3.8) is 0 Å². The second-order valence-electron chi connectivity index (χ2n) is 3.81. The maximum atomic E-state index is 10.7. The van der Waals surface area contributed by atoms with Crippen molar-refractivity contribution in [1.82, 2.24) is 20.6 Å². The molecule has 0 bridgehead atoms. The molecule has 20 heavy (non-hydrogen) atoms. The van der Waals surface area contributed by atoms with Crippen LogP contribution in [0.2, 0.25) is 0 Å². The van der Waals surface area contributed by atoms with Crippen molar-refractivity contribution in [3.05, 3.63) is 15.1 Å². The van der Waals surface area contributed by atoms with Gasteiger partial charge >= 0.3 is 0 Å². The maximum Gasteiger partial charge on any atom is 0.277 e. The van der Waals surface area contributed by atoms with E-state index in [1.165, 1.54) is 0 Å². The largest absolute Gasteiger partial charge is 0.391 e. The van der Waals surface area contributed by atoms with Gasteiger partial charge in [0.25, 0.3) is 5.56 Å². The Bertz CT molecular complexity index is 463. The molecule has 10 heteroatoms. The molecule has 0 aliphatic rings. The molecule has 0 aromatic carbocycles. The summed E-state index contributed by atoms with van der Waals surface area (Å²) in [5.74, 6) is 0.105. The molecule has 0 fully saturated rings. The number of nitrogen functional groups attached to an aromatic ring is 2. The van der Waals surface area contributed by atoms with Gasteiger partial charge < -0.3 is 38.6 Å². The van der Waals surface area contributed by atoms with Crippen LogP contribution < -0.4 is 39.1 Å². The molecule has 1 aromatic heterocycles. The highest BCUT2D eigenvalue weighted by atomic mass is 32.1. The summed E-state index contributed by atoms with van der Waals surface area (Å²) in [5, 5.41) is 6.33. The number of rotatable bonds is 7. The van der Waals surface area contributed by atoms with Gasteiger partial charge in [-0.1, -0.05) is 0 Å². The molecule has 0 radical (unpaired) electrons. The number of aromatic amines is 2. The Labute approximate surface area is 122 Å². The smallest absolute Gasteiger partial charge is 0.277 e. The van der Waals surface area contributed by atoms with Crippen molar-refractivity contribution in [2.45, 2.75) is 0 Å². The highest BCUT2D eigenvalue weighted by Gasteiger charge is 1.97. The average Bonchev–Trinajstić information content (AvgIpc) is 2.41. The highest BCUT2D eigenvalue weighted by molar-refractivity contribution is 7.71. The summed E-state index contributed by atoms with van der Waals surface area (Å²) >= 11 is 4.60. The maximum absolute atomic E-state index is 10.7. The molecular formula is C10H24N8OS. The standard InChI is InChI=1S/C6H18N4.C4H6N4OS/c7-1-3-9-5-6-10-4-2-8;5-1-2(6)7-4(10)8-3(1)9/h9-10H,1-8H2;5H2,(H4,6,7,8,9,10). The molecule has 0 unspecified atom stereocenters. The lowest BCUT2D eigenvalue weighted by Crippen LogP contribution is -2.32. The lowest BCUT2D eigenvalue weighted by Gasteiger charge is -2.03. The Kier molecular flexibility index (Phi) is 10.5. The van der Waals surface area contributed by atoms with E-state index < -0.39 is 5.56 Å². The predicted molar refractivity (Wildman–Crippen MR) is 84.9 cm³/mol. The lowest BCUT2D eigenvalue weighted by molar-refractivity contribution is 0.618. The molecule has 1 rings (SSSR count). The fourth-order valence-corrected chi connectivity index (χ4v) is 1.35. The Morgan fingerprint density at radius 1 is 0.950 bits per heavy atom. The van der Waals surface area contributed by atoms with Crippen molar-refractivity contribution in [2.24, 2.45) is 11.5 Å². The molecular weight excluding hydrogens is 280 g/mol. The van der Waals surface area contributed by atoms with Crippen molar-refractivity contribution >= 4 is 23.7 Å². The van der Waals surface area contributed by atoms with E-state index >= 15 is 0 Å². The van der Waals surface area contributed by atoms with Crippen LogP contribution in [-0.2, 0) is 0 Å². The van der Waals surface area contributed by atoms with Gasteiger partial charge in [-0.25, -0.2) is 0 Å². The summed E-state index contributed by atoms with van der Waals surface area (Å²) in [6, 6.07) is 0. The SMILES string of the molecule is NCCNCCNCCN.Nc1[nH]c(=S)[nH]c(=O)c1N. The van der Waals surface area contributed by atoms with E-state index in [1.807, 2.05) is 0 Å². The Morgan fingerprint density at radius 2 is 1.45 bits per heavy atom. The average molecular weight is 304 g/mol. The van der Waals surface area contributed by atoms with Crippen LogP contribution >= 0.6 is 12.2 Å². The van der Waals surface area contributed by atoms with E-state index in [1.54, 1.807) is 0 Å². The van der Waals surface area contributed by atoms with Crippen molar-refractivity contribution in [2.75, 3.05) is 50.7 Å².